The molecule has 1 unspecified atom stereocenters. The number of halogens is 1. The second kappa shape index (κ2) is 7.12. The summed E-state index contributed by atoms with van der Waals surface area (Å²) in [6.07, 6.45) is 2.54. The van der Waals surface area contributed by atoms with Crippen LogP contribution >= 0.6 is 11.6 Å². The topological polar surface area (TPSA) is 42.4 Å². The van der Waals surface area contributed by atoms with Crippen molar-refractivity contribution >= 4 is 17.7 Å². The molecule has 1 aromatic heterocycles. The molecule has 21 heavy (non-hydrogen) atoms. The van der Waals surface area contributed by atoms with Gasteiger partial charge in [0.1, 0.15) is 5.60 Å². The number of pyridine rings is 1. The molecule has 0 spiro atoms. The fourth-order valence-corrected chi connectivity index (χ4v) is 2.15. The predicted octanol–water partition coefficient (Wildman–Crippen LogP) is 4.96. The first-order chi connectivity index (χ1) is 9.69. The summed E-state index contributed by atoms with van der Waals surface area (Å²) in [4.78, 5) is 18.0. The van der Waals surface area contributed by atoms with E-state index >= 15 is 0 Å². The third-order valence-electron chi connectivity index (χ3n) is 2.84. The number of nitrogens with zero attached hydrogens (tertiary/aromatic N) is 2. The number of amides is 1. The van der Waals surface area contributed by atoms with E-state index in [2.05, 4.69) is 18.8 Å². The zero-order valence-corrected chi connectivity index (χ0v) is 14.5. The van der Waals surface area contributed by atoms with Gasteiger partial charge in [-0.25, -0.2) is 4.79 Å². The molecule has 1 aromatic rings. The number of ether oxygens (including phenoxy) is 1. The summed E-state index contributed by atoms with van der Waals surface area (Å²) in [5.41, 5.74) is 1.39. The van der Waals surface area contributed by atoms with Crippen LogP contribution in [0.3, 0.4) is 0 Å². The Morgan fingerprint density at radius 2 is 2.05 bits per heavy atom. The maximum absolute atomic E-state index is 12.1. The lowest BCUT2D eigenvalue weighted by molar-refractivity contribution is 0.0186. The van der Waals surface area contributed by atoms with Crippen molar-refractivity contribution in [3.05, 3.63) is 28.5 Å². The van der Waals surface area contributed by atoms with E-state index in [4.69, 9.17) is 16.3 Å². The highest BCUT2D eigenvalue weighted by molar-refractivity contribution is 6.30. The molecule has 0 aliphatic carbocycles. The molecule has 0 radical (unpaired) electrons. The van der Waals surface area contributed by atoms with E-state index in [-0.39, 0.29) is 12.1 Å². The van der Waals surface area contributed by atoms with Crippen molar-refractivity contribution in [2.24, 2.45) is 0 Å². The van der Waals surface area contributed by atoms with Crippen molar-refractivity contribution in [2.45, 2.75) is 66.2 Å². The smallest absolute Gasteiger partial charge is 0.411 e. The fourth-order valence-electron chi connectivity index (χ4n) is 1.99. The molecule has 118 valence electrons. The second-order valence-electron chi connectivity index (χ2n) is 6.18. The predicted molar refractivity (Wildman–Crippen MR) is 85.4 cm³/mol. The van der Waals surface area contributed by atoms with Gasteiger partial charge in [0.2, 0.25) is 0 Å². The van der Waals surface area contributed by atoms with Crippen LogP contribution in [0, 0.1) is 0 Å². The largest absolute Gasteiger partial charge is 0.444 e. The molecule has 0 bridgehead atoms. The third kappa shape index (κ3) is 4.88. The van der Waals surface area contributed by atoms with E-state index in [0.29, 0.717) is 11.6 Å². The SMILES string of the molecule is CC1c2cc(Cl)cnc2CN1C(=O)OC(C)(C)C.CCC. The maximum atomic E-state index is 12.1. The van der Waals surface area contributed by atoms with Crippen molar-refractivity contribution in [3.8, 4) is 0 Å². The standard InChI is InChI=1S/C13H17ClN2O2.C3H8/c1-8-10-5-9(14)6-15-11(10)7-16(8)12(17)18-13(2,3)4;1-3-2/h5-6,8H,7H2,1-4H3;3H2,1-2H3. The summed E-state index contributed by atoms with van der Waals surface area (Å²) < 4.78 is 5.38. The molecule has 4 nitrogen and oxygen atoms in total. The molecule has 1 aliphatic rings. The van der Waals surface area contributed by atoms with Crippen LogP contribution in [0.5, 0.6) is 0 Å². The minimum atomic E-state index is -0.489. The van der Waals surface area contributed by atoms with Crippen molar-refractivity contribution in [3.63, 3.8) is 0 Å². The van der Waals surface area contributed by atoms with E-state index in [1.165, 1.54) is 6.42 Å². The summed E-state index contributed by atoms with van der Waals surface area (Å²) in [5, 5.41) is 0.589. The van der Waals surface area contributed by atoms with Gasteiger partial charge in [-0.2, -0.15) is 0 Å². The zero-order chi connectivity index (χ0) is 16.2. The maximum Gasteiger partial charge on any atom is 0.411 e. The average molecular weight is 313 g/mol. The second-order valence-corrected chi connectivity index (χ2v) is 6.62. The van der Waals surface area contributed by atoms with Gasteiger partial charge in [0.05, 0.1) is 23.3 Å². The summed E-state index contributed by atoms with van der Waals surface area (Å²) in [6.45, 7) is 12.2. The molecule has 1 aliphatic heterocycles. The fraction of sp³-hybridized carbons (Fsp3) is 0.625. The summed E-state index contributed by atoms with van der Waals surface area (Å²) >= 11 is 5.93. The van der Waals surface area contributed by atoms with Crippen LogP contribution in [0.25, 0.3) is 0 Å². The minimum absolute atomic E-state index is 0.0546. The number of fused-ring (bicyclic) bond motifs is 1. The van der Waals surface area contributed by atoms with Gasteiger partial charge in [-0.3, -0.25) is 9.88 Å². The van der Waals surface area contributed by atoms with Gasteiger partial charge in [-0.15, -0.1) is 0 Å². The number of rotatable bonds is 0. The van der Waals surface area contributed by atoms with Crippen LogP contribution in [0.4, 0.5) is 4.79 Å². The van der Waals surface area contributed by atoms with E-state index in [9.17, 15) is 4.79 Å². The van der Waals surface area contributed by atoms with Gasteiger partial charge in [-0.1, -0.05) is 31.9 Å². The Kier molecular flexibility index (Phi) is 6.02. The summed E-state index contributed by atoms with van der Waals surface area (Å²) in [6, 6.07) is 1.81. The Labute approximate surface area is 132 Å². The molecular formula is C16H25ClN2O2. The molecule has 2 rings (SSSR count). The van der Waals surface area contributed by atoms with Gasteiger partial charge in [-0.05, 0) is 39.3 Å². The molecule has 0 fully saturated rings. The summed E-state index contributed by atoms with van der Waals surface area (Å²) in [7, 11) is 0. The quantitative estimate of drug-likeness (QED) is 0.679. The minimum Gasteiger partial charge on any atom is -0.444 e. The lowest BCUT2D eigenvalue weighted by Crippen LogP contribution is -2.35. The van der Waals surface area contributed by atoms with Gasteiger partial charge < -0.3 is 4.74 Å². The van der Waals surface area contributed by atoms with Gasteiger partial charge in [0.15, 0.2) is 0 Å². The van der Waals surface area contributed by atoms with Crippen LogP contribution in [0.1, 0.15) is 65.3 Å². The Morgan fingerprint density at radius 1 is 1.48 bits per heavy atom. The van der Waals surface area contributed by atoms with Crippen molar-refractivity contribution in [1.82, 2.24) is 9.88 Å². The first kappa shape index (κ1) is 17.8. The molecular weight excluding hydrogens is 288 g/mol. The lowest BCUT2D eigenvalue weighted by atomic mass is 10.1. The van der Waals surface area contributed by atoms with Gasteiger partial charge >= 0.3 is 6.09 Å². The van der Waals surface area contributed by atoms with E-state index in [1.807, 2.05) is 33.8 Å². The average Bonchev–Trinajstić information content (AvgIpc) is 2.66. The molecule has 0 aromatic carbocycles. The van der Waals surface area contributed by atoms with Crippen LogP contribution < -0.4 is 0 Å². The highest BCUT2D eigenvalue weighted by atomic mass is 35.5. The van der Waals surface area contributed by atoms with E-state index in [0.717, 1.165) is 11.3 Å². The first-order valence-electron chi connectivity index (χ1n) is 7.33. The highest BCUT2D eigenvalue weighted by Crippen LogP contribution is 2.34. The van der Waals surface area contributed by atoms with Crippen LogP contribution in [0.2, 0.25) is 5.02 Å². The van der Waals surface area contributed by atoms with Crippen molar-refractivity contribution < 1.29 is 9.53 Å². The number of aromatic nitrogens is 1. The molecule has 5 heteroatoms. The highest BCUT2D eigenvalue weighted by Gasteiger charge is 2.34. The lowest BCUT2D eigenvalue weighted by Gasteiger charge is -2.26. The number of hydrogen-bond donors (Lipinski definition) is 0. The molecule has 1 amide bonds. The Morgan fingerprint density at radius 3 is 2.57 bits per heavy atom. The third-order valence-corrected chi connectivity index (χ3v) is 3.04. The molecule has 0 saturated carbocycles. The van der Waals surface area contributed by atoms with Gasteiger partial charge in [0.25, 0.3) is 0 Å². The Balaban J connectivity index is 0.000000677. The molecule has 2 heterocycles. The Bertz CT molecular complexity index is 498. The zero-order valence-electron chi connectivity index (χ0n) is 13.7. The Hall–Kier alpha value is -1.29. The molecule has 1 atom stereocenters. The van der Waals surface area contributed by atoms with Crippen molar-refractivity contribution in [2.75, 3.05) is 0 Å². The number of hydrogen-bond acceptors (Lipinski definition) is 3. The van der Waals surface area contributed by atoms with Crippen LogP contribution in [0.15, 0.2) is 12.3 Å². The summed E-state index contributed by atoms with van der Waals surface area (Å²) in [5.74, 6) is 0. The van der Waals surface area contributed by atoms with Crippen molar-refractivity contribution in [1.29, 1.82) is 0 Å². The van der Waals surface area contributed by atoms with Gasteiger partial charge in [0, 0.05) is 6.20 Å². The number of carbonyl (C=O) groups excluding carboxylic acids is 1. The van der Waals surface area contributed by atoms with E-state index in [1.54, 1.807) is 11.1 Å². The van der Waals surface area contributed by atoms with E-state index < -0.39 is 5.60 Å². The molecule has 0 saturated heterocycles. The monoisotopic (exact) mass is 312 g/mol. The van der Waals surface area contributed by atoms with Crippen LogP contribution in [-0.2, 0) is 11.3 Å². The van der Waals surface area contributed by atoms with Crippen LogP contribution in [-0.4, -0.2) is 21.6 Å². The number of carbonyl (C=O) groups is 1. The molecule has 0 N–H and O–H groups in total. The first-order valence-corrected chi connectivity index (χ1v) is 7.71. The normalized spacial score (nSPS) is 16.9.